The van der Waals surface area contributed by atoms with Crippen LogP contribution in [-0.2, 0) is 4.43 Å². The SMILES string of the molecule is C[Si](C)(C)OC(=O)[O-]. The van der Waals surface area contributed by atoms with Gasteiger partial charge in [-0.3, -0.25) is 0 Å². The highest BCUT2D eigenvalue weighted by Crippen LogP contribution is 2.00. The molecule has 48 valence electrons. The summed E-state index contributed by atoms with van der Waals surface area (Å²) in [5, 5.41) is 9.72. The summed E-state index contributed by atoms with van der Waals surface area (Å²) < 4.78 is 4.38. The van der Waals surface area contributed by atoms with E-state index in [9.17, 15) is 9.90 Å². The summed E-state index contributed by atoms with van der Waals surface area (Å²) in [5.74, 6) is 0. The predicted molar refractivity (Wildman–Crippen MR) is 29.8 cm³/mol. The van der Waals surface area contributed by atoms with Gasteiger partial charge < -0.3 is 14.3 Å². The third kappa shape index (κ3) is 5.49. The molecule has 0 aromatic carbocycles. The lowest BCUT2D eigenvalue weighted by atomic mass is 11.5. The molecule has 8 heavy (non-hydrogen) atoms. The molecule has 0 unspecified atom stereocenters. The summed E-state index contributed by atoms with van der Waals surface area (Å²) in [6.45, 7) is 5.34. The first-order valence-corrected chi connectivity index (χ1v) is 5.72. The second-order valence-electron chi connectivity index (χ2n) is 2.46. The molecule has 0 spiro atoms. The highest BCUT2D eigenvalue weighted by molar-refractivity contribution is 6.71. The Bertz CT molecular complexity index is 93.9. The van der Waals surface area contributed by atoms with Crippen LogP contribution in [0.25, 0.3) is 0 Å². The topological polar surface area (TPSA) is 49.4 Å². The molecule has 0 atom stereocenters. The van der Waals surface area contributed by atoms with Crippen molar-refractivity contribution in [3.8, 4) is 0 Å². The van der Waals surface area contributed by atoms with Crippen LogP contribution in [0.4, 0.5) is 4.79 Å². The lowest BCUT2D eigenvalue weighted by Crippen LogP contribution is -2.36. The highest BCUT2D eigenvalue weighted by atomic mass is 28.4. The van der Waals surface area contributed by atoms with Gasteiger partial charge in [-0.1, -0.05) is 19.6 Å². The van der Waals surface area contributed by atoms with Gasteiger partial charge in [-0.15, -0.1) is 0 Å². The van der Waals surface area contributed by atoms with Gasteiger partial charge in [0.05, 0.1) is 0 Å². The van der Waals surface area contributed by atoms with E-state index in [1.807, 2.05) is 0 Å². The average molecular weight is 133 g/mol. The van der Waals surface area contributed by atoms with Gasteiger partial charge in [0.25, 0.3) is 0 Å². The molecule has 0 heterocycles. The lowest BCUT2D eigenvalue weighted by molar-refractivity contribution is -0.272. The number of hydrogen-bond acceptors (Lipinski definition) is 3. The number of carbonyl (C=O) groups excluding carboxylic acids is 1. The van der Waals surface area contributed by atoms with Crippen LogP contribution in [0.5, 0.6) is 0 Å². The molecule has 0 radical (unpaired) electrons. The second-order valence-corrected chi connectivity index (χ2v) is 6.89. The number of carbonyl (C=O) groups is 1. The van der Waals surface area contributed by atoms with Gasteiger partial charge in [-0.2, -0.15) is 0 Å². The van der Waals surface area contributed by atoms with Crippen molar-refractivity contribution < 1.29 is 14.3 Å². The zero-order valence-electron chi connectivity index (χ0n) is 5.22. The normalized spacial score (nSPS) is 10.9. The average Bonchev–Trinajstić information content (AvgIpc) is 1.21. The predicted octanol–water partition coefficient (Wildman–Crippen LogP) is 0.181. The van der Waals surface area contributed by atoms with E-state index < -0.39 is 14.5 Å². The van der Waals surface area contributed by atoms with Crippen molar-refractivity contribution in [3.63, 3.8) is 0 Å². The molecule has 0 aromatic rings. The van der Waals surface area contributed by atoms with Crippen LogP contribution in [0.3, 0.4) is 0 Å². The first kappa shape index (κ1) is 7.49. The fourth-order valence-corrected chi connectivity index (χ4v) is 0.750. The van der Waals surface area contributed by atoms with Crippen molar-refractivity contribution in [2.24, 2.45) is 0 Å². The van der Waals surface area contributed by atoms with E-state index in [0.717, 1.165) is 0 Å². The fourth-order valence-electron chi connectivity index (χ4n) is 0.250. The maximum atomic E-state index is 9.72. The van der Waals surface area contributed by atoms with Gasteiger partial charge in [0.1, 0.15) is 0 Å². The minimum atomic E-state index is -1.88. The van der Waals surface area contributed by atoms with Crippen molar-refractivity contribution in [1.82, 2.24) is 0 Å². The maximum absolute atomic E-state index is 9.72. The third-order valence-corrected chi connectivity index (χ3v) is 1.17. The van der Waals surface area contributed by atoms with E-state index in [1.54, 1.807) is 19.6 Å². The summed E-state index contributed by atoms with van der Waals surface area (Å²) in [6, 6.07) is 0. The molecule has 0 N–H and O–H groups in total. The van der Waals surface area contributed by atoms with E-state index in [2.05, 4.69) is 4.43 Å². The smallest absolute Gasteiger partial charge is 0.243 e. The minimum absolute atomic E-state index is 1.41. The van der Waals surface area contributed by atoms with Gasteiger partial charge >= 0.3 is 0 Å². The molecule has 0 rings (SSSR count). The van der Waals surface area contributed by atoms with Crippen LogP contribution < -0.4 is 5.11 Å². The van der Waals surface area contributed by atoms with Gasteiger partial charge in [0.2, 0.25) is 6.16 Å². The second kappa shape index (κ2) is 2.17. The van der Waals surface area contributed by atoms with Crippen molar-refractivity contribution in [2.45, 2.75) is 19.6 Å². The number of carboxylic acid groups (broad SMARTS) is 1. The Morgan fingerprint density at radius 3 is 1.88 bits per heavy atom. The van der Waals surface area contributed by atoms with E-state index in [4.69, 9.17) is 0 Å². The van der Waals surface area contributed by atoms with Crippen LogP contribution in [0.15, 0.2) is 0 Å². The first-order valence-electron chi connectivity index (χ1n) is 2.32. The van der Waals surface area contributed by atoms with Crippen molar-refractivity contribution in [3.05, 3.63) is 0 Å². The van der Waals surface area contributed by atoms with Crippen LogP contribution in [0.2, 0.25) is 19.6 Å². The highest BCUT2D eigenvalue weighted by Gasteiger charge is 2.09. The number of rotatable bonds is 1. The Labute approximate surface area is 49.4 Å². The van der Waals surface area contributed by atoms with E-state index >= 15 is 0 Å². The van der Waals surface area contributed by atoms with Crippen LogP contribution in [-0.4, -0.2) is 14.5 Å². The summed E-state index contributed by atoms with van der Waals surface area (Å²) in [5.41, 5.74) is 0. The molecular formula is C4H9O3Si-. The maximum Gasteiger partial charge on any atom is 0.243 e. The molecule has 0 fully saturated rings. The lowest BCUT2D eigenvalue weighted by Gasteiger charge is -2.21. The zero-order chi connectivity index (χ0) is 6.78. The molecule has 0 aliphatic heterocycles. The molecule has 0 saturated carbocycles. The van der Waals surface area contributed by atoms with Crippen LogP contribution >= 0.6 is 0 Å². The Morgan fingerprint density at radius 2 is 1.88 bits per heavy atom. The largest absolute Gasteiger partial charge is 0.582 e. The zero-order valence-corrected chi connectivity index (χ0v) is 6.22. The number of hydrogen-bond donors (Lipinski definition) is 0. The quantitative estimate of drug-likeness (QED) is 0.479. The summed E-state index contributed by atoms with van der Waals surface area (Å²) in [4.78, 5) is 9.72. The Morgan fingerprint density at radius 1 is 1.50 bits per heavy atom. The molecular weight excluding hydrogens is 124 g/mol. The van der Waals surface area contributed by atoms with Gasteiger partial charge in [0, 0.05) is 0 Å². The molecule has 4 heteroatoms. The van der Waals surface area contributed by atoms with Crippen molar-refractivity contribution in [1.29, 1.82) is 0 Å². The molecule has 0 aliphatic carbocycles. The van der Waals surface area contributed by atoms with Gasteiger partial charge in [-0.25, -0.2) is 0 Å². The molecule has 0 bridgehead atoms. The molecule has 0 saturated heterocycles. The van der Waals surface area contributed by atoms with E-state index in [-0.39, 0.29) is 0 Å². The Balaban J connectivity index is 3.55. The molecule has 3 nitrogen and oxygen atoms in total. The molecule has 0 amide bonds. The monoisotopic (exact) mass is 133 g/mol. The van der Waals surface area contributed by atoms with Gasteiger partial charge in [-0.05, 0) is 0 Å². The summed E-state index contributed by atoms with van der Waals surface area (Å²) >= 11 is 0. The van der Waals surface area contributed by atoms with Crippen LogP contribution in [0.1, 0.15) is 0 Å². The molecule has 0 aromatic heterocycles. The third-order valence-electron chi connectivity index (χ3n) is 0.390. The minimum Gasteiger partial charge on any atom is -0.582 e. The Kier molecular flexibility index (Phi) is 2.03. The Hall–Kier alpha value is -0.513. The van der Waals surface area contributed by atoms with Crippen LogP contribution in [0, 0.1) is 0 Å². The fraction of sp³-hybridized carbons (Fsp3) is 0.750. The van der Waals surface area contributed by atoms with E-state index in [1.165, 1.54) is 0 Å². The van der Waals surface area contributed by atoms with E-state index in [0.29, 0.717) is 0 Å². The van der Waals surface area contributed by atoms with Crippen molar-refractivity contribution in [2.75, 3.05) is 0 Å². The van der Waals surface area contributed by atoms with Gasteiger partial charge in [0.15, 0.2) is 8.32 Å². The first-order chi connectivity index (χ1) is 3.42. The van der Waals surface area contributed by atoms with Crippen molar-refractivity contribution >= 4 is 14.5 Å². The summed E-state index contributed by atoms with van der Waals surface area (Å²) in [7, 11) is -1.88. The summed E-state index contributed by atoms with van der Waals surface area (Å²) in [6.07, 6.45) is -1.41. The standard InChI is InChI=1S/C4H10O3Si/c1-8(2,3)7-4(5)6/h1-3H3,(H,5,6)/p-1. The molecule has 0 aliphatic rings.